The van der Waals surface area contributed by atoms with Crippen LogP contribution in [-0.2, 0) is 22.1 Å². The van der Waals surface area contributed by atoms with Crippen LogP contribution in [0.4, 0.5) is 13.2 Å². The van der Waals surface area contributed by atoms with Crippen LogP contribution in [0, 0.1) is 13.8 Å². The second-order valence-electron chi connectivity index (χ2n) is 6.53. The summed E-state index contributed by atoms with van der Waals surface area (Å²) in [6.07, 6.45) is -3.19. The second kappa shape index (κ2) is 8.64. The van der Waals surface area contributed by atoms with Crippen molar-refractivity contribution in [3.63, 3.8) is 0 Å². The molecule has 0 aliphatic heterocycles. The lowest BCUT2D eigenvalue weighted by molar-refractivity contribution is -0.144. The molecule has 0 aromatic carbocycles. The molecule has 2 aromatic heterocycles. The van der Waals surface area contributed by atoms with E-state index in [4.69, 9.17) is 4.74 Å². The minimum atomic E-state index is -4.63. The highest BCUT2D eigenvalue weighted by molar-refractivity contribution is 5.76. The van der Waals surface area contributed by atoms with E-state index < -0.39 is 12.0 Å². The number of halogens is 3. The van der Waals surface area contributed by atoms with Gasteiger partial charge in [0.1, 0.15) is 0 Å². The number of nitrogens with zero attached hydrogens (tertiary/aromatic N) is 4. The largest absolute Gasteiger partial charge is 0.453 e. The van der Waals surface area contributed by atoms with Crippen molar-refractivity contribution in [1.29, 1.82) is 0 Å². The molecule has 1 amide bonds. The van der Waals surface area contributed by atoms with Crippen LogP contribution in [0.3, 0.4) is 0 Å². The predicted molar refractivity (Wildman–Crippen MR) is 92.3 cm³/mol. The molecule has 150 valence electrons. The molecule has 27 heavy (non-hydrogen) atoms. The van der Waals surface area contributed by atoms with E-state index in [-0.39, 0.29) is 24.2 Å². The lowest BCUT2D eigenvalue weighted by atomic mass is 10.1. The van der Waals surface area contributed by atoms with Gasteiger partial charge < -0.3 is 10.1 Å². The molecule has 0 saturated carbocycles. The fraction of sp³-hybridized carbons (Fsp3) is 0.647. The molecule has 0 radical (unpaired) electrons. The molecule has 2 rings (SSSR count). The van der Waals surface area contributed by atoms with Gasteiger partial charge in [-0.05, 0) is 46.1 Å². The van der Waals surface area contributed by atoms with Gasteiger partial charge in [0.25, 0.3) is 11.6 Å². The summed E-state index contributed by atoms with van der Waals surface area (Å²) < 4.78 is 44.9. The van der Waals surface area contributed by atoms with E-state index in [1.54, 1.807) is 13.8 Å². The maximum atomic E-state index is 12.8. The minimum Gasteiger partial charge on any atom is -0.379 e. The second-order valence-corrected chi connectivity index (χ2v) is 6.53. The SMILES string of the molecule is Cc1nc2nc(C(F)(F)F)nn2c(C)c1CCC(=O)NCCCOC(C)C. The molecule has 2 aromatic rings. The summed E-state index contributed by atoms with van der Waals surface area (Å²) in [5, 5.41) is 6.30. The summed E-state index contributed by atoms with van der Waals surface area (Å²) in [4.78, 5) is 19.5. The molecule has 0 fully saturated rings. The van der Waals surface area contributed by atoms with E-state index in [0.717, 1.165) is 4.52 Å². The molecule has 0 atom stereocenters. The van der Waals surface area contributed by atoms with Gasteiger partial charge >= 0.3 is 6.18 Å². The number of carbonyl (C=O) groups excluding carboxylic acids is 1. The monoisotopic (exact) mass is 387 g/mol. The van der Waals surface area contributed by atoms with E-state index in [2.05, 4.69) is 20.4 Å². The summed E-state index contributed by atoms with van der Waals surface area (Å²) in [7, 11) is 0. The first-order chi connectivity index (χ1) is 12.6. The van der Waals surface area contributed by atoms with Gasteiger partial charge in [0, 0.05) is 31.0 Å². The molecular weight excluding hydrogens is 363 g/mol. The molecule has 0 spiro atoms. The van der Waals surface area contributed by atoms with Gasteiger partial charge in [0.05, 0.1) is 6.10 Å². The van der Waals surface area contributed by atoms with E-state index >= 15 is 0 Å². The topological polar surface area (TPSA) is 81.4 Å². The van der Waals surface area contributed by atoms with Gasteiger partial charge in [-0.15, -0.1) is 5.10 Å². The van der Waals surface area contributed by atoms with E-state index in [9.17, 15) is 18.0 Å². The third kappa shape index (κ3) is 5.62. The van der Waals surface area contributed by atoms with Crippen molar-refractivity contribution in [2.75, 3.05) is 13.2 Å². The van der Waals surface area contributed by atoms with Crippen molar-refractivity contribution in [2.45, 2.75) is 59.2 Å². The zero-order valence-electron chi connectivity index (χ0n) is 15.9. The highest BCUT2D eigenvalue weighted by Crippen LogP contribution is 2.27. The average molecular weight is 387 g/mol. The molecule has 2 heterocycles. The number of nitrogens with one attached hydrogen (secondary N) is 1. The predicted octanol–water partition coefficient (Wildman–Crippen LogP) is 2.62. The van der Waals surface area contributed by atoms with Crippen LogP contribution in [0.5, 0.6) is 0 Å². The number of rotatable bonds is 8. The fourth-order valence-electron chi connectivity index (χ4n) is 2.64. The van der Waals surface area contributed by atoms with Crippen molar-refractivity contribution in [2.24, 2.45) is 0 Å². The Bertz CT molecular complexity index is 802. The normalized spacial score (nSPS) is 12.1. The first-order valence-corrected chi connectivity index (χ1v) is 8.78. The molecule has 0 aliphatic carbocycles. The molecule has 0 unspecified atom stereocenters. The summed E-state index contributed by atoms with van der Waals surface area (Å²) >= 11 is 0. The van der Waals surface area contributed by atoms with E-state index in [1.165, 1.54) is 0 Å². The third-order valence-corrected chi connectivity index (χ3v) is 4.00. The number of carbonyl (C=O) groups is 1. The number of amides is 1. The van der Waals surface area contributed by atoms with Crippen molar-refractivity contribution in [3.05, 3.63) is 22.8 Å². The van der Waals surface area contributed by atoms with Crippen molar-refractivity contribution in [3.8, 4) is 0 Å². The standard InChI is InChI=1S/C17H24F3N5O2/c1-10(2)27-9-5-8-21-14(26)7-6-13-11(3)22-16-23-15(17(18,19)20)24-25(16)12(13)4/h10H,5-9H2,1-4H3,(H,21,26). The maximum Gasteiger partial charge on any atom is 0.453 e. The number of aryl methyl sites for hydroxylation is 2. The fourth-order valence-corrected chi connectivity index (χ4v) is 2.64. The summed E-state index contributed by atoms with van der Waals surface area (Å²) in [6, 6.07) is 0. The Balaban J connectivity index is 1.99. The number of fused-ring (bicyclic) bond motifs is 1. The molecule has 1 N–H and O–H groups in total. The van der Waals surface area contributed by atoms with E-state index in [1.807, 2.05) is 13.8 Å². The first-order valence-electron chi connectivity index (χ1n) is 8.78. The van der Waals surface area contributed by atoms with Crippen molar-refractivity contribution in [1.82, 2.24) is 24.9 Å². The number of hydrogen-bond donors (Lipinski definition) is 1. The Morgan fingerprint density at radius 1 is 1.26 bits per heavy atom. The third-order valence-electron chi connectivity index (χ3n) is 4.00. The van der Waals surface area contributed by atoms with Crippen LogP contribution in [0.25, 0.3) is 5.78 Å². The highest BCUT2D eigenvalue weighted by atomic mass is 19.4. The Morgan fingerprint density at radius 2 is 1.96 bits per heavy atom. The summed E-state index contributed by atoms with van der Waals surface area (Å²) in [5.41, 5.74) is 1.73. The van der Waals surface area contributed by atoms with Crippen molar-refractivity contribution < 1.29 is 22.7 Å². The Kier molecular flexibility index (Phi) is 6.74. The average Bonchev–Trinajstić information content (AvgIpc) is 2.98. The van der Waals surface area contributed by atoms with Crippen molar-refractivity contribution >= 4 is 11.7 Å². The number of aromatic nitrogens is 4. The van der Waals surface area contributed by atoms with Gasteiger partial charge in [-0.25, -0.2) is 9.50 Å². The van der Waals surface area contributed by atoms with Crippen LogP contribution in [0.2, 0.25) is 0 Å². The number of ether oxygens (including phenoxy) is 1. The zero-order valence-corrected chi connectivity index (χ0v) is 15.9. The Morgan fingerprint density at radius 3 is 2.59 bits per heavy atom. The minimum absolute atomic E-state index is 0.101. The van der Waals surface area contributed by atoms with Gasteiger partial charge in [0.15, 0.2) is 0 Å². The highest BCUT2D eigenvalue weighted by Gasteiger charge is 2.36. The van der Waals surface area contributed by atoms with Gasteiger partial charge in [-0.3, -0.25) is 4.79 Å². The molecular formula is C17H24F3N5O2. The summed E-state index contributed by atoms with van der Waals surface area (Å²) in [6.45, 7) is 8.31. The number of alkyl halides is 3. The van der Waals surface area contributed by atoms with Gasteiger partial charge in [-0.1, -0.05) is 0 Å². The molecule has 0 bridgehead atoms. The molecule has 0 aliphatic rings. The van der Waals surface area contributed by atoms with Crippen LogP contribution in [-0.4, -0.2) is 44.7 Å². The van der Waals surface area contributed by atoms with Crippen LogP contribution in [0.1, 0.15) is 49.5 Å². The Labute approximate surface area is 155 Å². The lowest BCUT2D eigenvalue weighted by Crippen LogP contribution is -2.26. The molecule has 7 nitrogen and oxygen atoms in total. The smallest absolute Gasteiger partial charge is 0.379 e. The molecule has 10 heteroatoms. The zero-order chi connectivity index (χ0) is 20.2. The van der Waals surface area contributed by atoms with Gasteiger partial charge in [-0.2, -0.15) is 18.2 Å². The van der Waals surface area contributed by atoms with Crippen LogP contribution in [0.15, 0.2) is 0 Å². The van der Waals surface area contributed by atoms with E-state index in [0.29, 0.717) is 42.9 Å². The summed E-state index contributed by atoms with van der Waals surface area (Å²) in [5.74, 6) is -1.46. The number of hydrogen-bond acceptors (Lipinski definition) is 5. The maximum absolute atomic E-state index is 12.8. The van der Waals surface area contributed by atoms with Gasteiger partial charge in [0.2, 0.25) is 5.91 Å². The van der Waals surface area contributed by atoms with Crippen LogP contribution >= 0.6 is 0 Å². The quantitative estimate of drug-likeness (QED) is 0.704. The lowest BCUT2D eigenvalue weighted by Gasteiger charge is -2.11. The van der Waals surface area contributed by atoms with Crippen LogP contribution < -0.4 is 5.32 Å². The Hall–Kier alpha value is -2.23. The first kappa shape index (κ1) is 21.1. The molecule has 0 saturated heterocycles.